The fourth-order valence-corrected chi connectivity index (χ4v) is 5.56. The normalized spacial score (nSPS) is 12.2. The second kappa shape index (κ2) is 10.4. The summed E-state index contributed by atoms with van der Waals surface area (Å²) in [5.74, 6) is 0.0357. The topological polar surface area (TPSA) is 105 Å². The number of ether oxygens (including phenoxy) is 2. The fourth-order valence-electron chi connectivity index (χ4n) is 3.18. The van der Waals surface area contributed by atoms with E-state index in [4.69, 9.17) is 21.1 Å². The third-order valence-electron chi connectivity index (χ3n) is 4.87. The molecule has 0 bridgehead atoms. The quantitative estimate of drug-likeness (QED) is 0.457. The maximum atomic E-state index is 13.7. The van der Waals surface area contributed by atoms with Gasteiger partial charge in [0.25, 0.3) is 10.0 Å². The highest BCUT2D eigenvalue weighted by atomic mass is 35.5. The number of halogens is 1. The lowest BCUT2D eigenvalue weighted by Crippen LogP contribution is -2.40. The number of sulfonamides is 1. The summed E-state index contributed by atoms with van der Waals surface area (Å²) in [7, 11) is -0.0244. The van der Waals surface area contributed by atoms with Crippen molar-refractivity contribution in [3.05, 3.63) is 69.4 Å². The summed E-state index contributed by atoms with van der Waals surface area (Å²) in [4.78, 5) is 12.8. The first-order valence-electron chi connectivity index (χ1n) is 9.69. The van der Waals surface area contributed by atoms with Crippen molar-refractivity contribution in [2.75, 3.05) is 32.1 Å². The predicted molar refractivity (Wildman–Crippen MR) is 128 cm³/mol. The van der Waals surface area contributed by atoms with Crippen molar-refractivity contribution >= 4 is 44.6 Å². The van der Waals surface area contributed by atoms with Crippen LogP contribution in [-0.2, 0) is 14.8 Å². The first kappa shape index (κ1) is 24.8. The van der Waals surface area contributed by atoms with Crippen molar-refractivity contribution in [2.24, 2.45) is 0 Å². The molecule has 176 valence electrons. The number of methoxy groups -OCH3 is 2. The van der Waals surface area contributed by atoms with Crippen molar-refractivity contribution in [1.82, 2.24) is 5.32 Å². The van der Waals surface area contributed by atoms with E-state index in [1.807, 2.05) is 0 Å². The van der Waals surface area contributed by atoms with Crippen LogP contribution in [0.15, 0.2) is 58.8 Å². The Hall–Kier alpha value is -2.79. The van der Waals surface area contributed by atoms with E-state index >= 15 is 0 Å². The summed E-state index contributed by atoms with van der Waals surface area (Å²) < 4.78 is 38.8. The third kappa shape index (κ3) is 5.25. The Balaban J connectivity index is 2.19. The number of hydrogen-bond acceptors (Lipinski definition) is 7. The van der Waals surface area contributed by atoms with E-state index in [9.17, 15) is 18.3 Å². The van der Waals surface area contributed by atoms with Crippen molar-refractivity contribution < 1.29 is 27.8 Å². The van der Waals surface area contributed by atoms with Gasteiger partial charge in [0, 0.05) is 28.6 Å². The van der Waals surface area contributed by atoms with E-state index in [1.165, 1.54) is 69.0 Å². The van der Waals surface area contributed by atoms with Gasteiger partial charge in [-0.2, -0.15) is 0 Å². The van der Waals surface area contributed by atoms with Crippen molar-refractivity contribution in [3.8, 4) is 11.5 Å². The molecule has 8 nitrogen and oxygen atoms in total. The van der Waals surface area contributed by atoms with Crippen LogP contribution in [0.1, 0.15) is 16.5 Å². The van der Waals surface area contributed by atoms with Gasteiger partial charge in [-0.3, -0.25) is 9.10 Å². The number of nitrogens with one attached hydrogen (secondary N) is 1. The van der Waals surface area contributed by atoms with Crippen LogP contribution in [0.2, 0.25) is 5.02 Å². The lowest BCUT2D eigenvalue weighted by atomic mass is 10.1. The Morgan fingerprint density at radius 3 is 2.48 bits per heavy atom. The Morgan fingerprint density at radius 2 is 1.88 bits per heavy atom. The number of aliphatic hydroxyl groups excluding tert-OH is 1. The molecule has 2 aromatic carbocycles. The molecule has 0 aliphatic rings. The molecule has 2 N–H and O–H groups in total. The fraction of sp³-hybridized carbons (Fsp3) is 0.227. The van der Waals surface area contributed by atoms with Crippen LogP contribution in [0.25, 0.3) is 0 Å². The summed E-state index contributed by atoms with van der Waals surface area (Å²) >= 11 is 7.49. The lowest BCUT2D eigenvalue weighted by molar-refractivity contribution is -0.119. The number of aliphatic hydroxyl groups is 1. The van der Waals surface area contributed by atoms with Crippen LogP contribution in [0.4, 0.5) is 5.69 Å². The smallest absolute Gasteiger partial charge is 0.264 e. The number of anilines is 1. The van der Waals surface area contributed by atoms with Gasteiger partial charge in [-0.15, -0.1) is 11.3 Å². The van der Waals surface area contributed by atoms with Crippen molar-refractivity contribution in [1.29, 1.82) is 0 Å². The molecule has 3 aromatic rings. The molecule has 0 spiro atoms. The van der Waals surface area contributed by atoms with Crippen molar-refractivity contribution in [3.63, 3.8) is 0 Å². The number of nitrogens with zero attached hydrogens (tertiary/aromatic N) is 1. The monoisotopic (exact) mass is 510 g/mol. The van der Waals surface area contributed by atoms with E-state index in [2.05, 4.69) is 5.32 Å². The number of likely N-dealkylation sites (N-methyl/N-ethyl adjacent to an activating group) is 1. The molecule has 1 amide bonds. The van der Waals surface area contributed by atoms with Gasteiger partial charge in [0.1, 0.15) is 12.6 Å². The number of carbonyl (C=O) groups is 1. The molecule has 33 heavy (non-hydrogen) atoms. The highest BCUT2D eigenvalue weighted by Gasteiger charge is 2.31. The molecule has 0 aliphatic carbocycles. The molecule has 1 heterocycles. The van der Waals surface area contributed by atoms with Crippen LogP contribution < -0.4 is 19.1 Å². The highest BCUT2D eigenvalue weighted by molar-refractivity contribution is 7.92. The second-order valence-electron chi connectivity index (χ2n) is 6.82. The maximum Gasteiger partial charge on any atom is 0.264 e. The number of rotatable bonds is 9. The molecule has 1 atom stereocenters. The molecule has 0 fully saturated rings. The summed E-state index contributed by atoms with van der Waals surface area (Å²) in [6.45, 7) is -0.515. The van der Waals surface area contributed by atoms with Gasteiger partial charge in [0.2, 0.25) is 5.91 Å². The number of carbonyl (C=O) groups excluding carboxylic acids is 1. The zero-order valence-corrected chi connectivity index (χ0v) is 20.5. The summed E-state index contributed by atoms with van der Waals surface area (Å²) in [5.41, 5.74) is 0.372. The van der Waals surface area contributed by atoms with Gasteiger partial charge >= 0.3 is 0 Å². The van der Waals surface area contributed by atoms with Crippen molar-refractivity contribution in [2.45, 2.75) is 11.0 Å². The molecular formula is C22H23ClN2O6S2. The van der Waals surface area contributed by atoms with Crippen LogP contribution >= 0.6 is 22.9 Å². The van der Waals surface area contributed by atoms with E-state index < -0.39 is 28.6 Å². The van der Waals surface area contributed by atoms with Crippen LogP contribution in [0, 0.1) is 0 Å². The van der Waals surface area contributed by atoms with Gasteiger partial charge < -0.3 is 19.9 Å². The molecule has 0 saturated carbocycles. The minimum atomic E-state index is -4.27. The molecule has 0 aliphatic heterocycles. The number of hydrogen-bond donors (Lipinski definition) is 2. The third-order valence-corrected chi connectivity index (χ3v) is 7.79. The molecule has 3 rings (SSSR count). The number of benzene rings is 2. The molecule has 11 heteroatoms. The molecule has 1 unspecified atom stereocenters. The Labute approximate surface area is 201 Å². The van der Waals surface area contributed by atoms with Gasteiger partial charge in [-0.25, -0.2) is 8.42 Å². The minimum Gasteiger partial charge on any atom is -0.493 e. The van der Waals surface area contributed by atoms with Crippen LogP contribution in [0.3, 0.4) is 0 Å². The maximum absolute atomic E-state index is 13.7. The van der Waals surface area contributed by atoms with E-state index in [0.717, 1.165) is 4.31 Å². The average Bonchev–Trinajstić information content (AvgIpc) is 3.36. The largest absolute Gasteiger partial charge is 0.493 e. The predicted octanol–water partition coefficient (Wildman–Crippen LogP) is 3.44. The first-order chi connectivity index (χ1) is 15.7. The zero-order chi connectivity index (χ0) is 24.2. The summed E-state index contributed by atoms with van der Waals surface area (Å²) in [5, 5.41) is 15.6. The van der Waals surface area contributed by atoms with Gasteiger partial charge in [-0.1, -0.05) is 17.7 Å². The molecule has 1 aromatic heterocycles. The number of amides is 1. The zero-order valence-electron chi connectivity index (χ0n) is 18.1. The molecular weight excluding hydrogens is 488 g/mol. The standard InChI is InChI=1S/C22H23ClN2O6S2/c1-24-21(26)13-25(33(28,29)15-7-9-18(30-2)19(12-15)31-3)17-8-6-14(23)11-16(17)22(27)20-5-4-10-32-20/h4-12,22,27H,13H2,1-3H3,(H,24,26). The molecule has 0 saturated heterocycles. The minimum absolute atomic E-state index is 0.115. The van der Waals surface area contributed by atoms with Crippen LogP contribution in [-0.4, -0.2) is 47.2 Å². The van der Waals surface area contributed by atoms with E-state index in [1.54, 1.807) is 17.5 Å². The lowest BCUT2D eigenvalue weighted by Gasteiger charge is -2.27. The summed E-state index contributed by atoms with van der Waals surface area (Å²) in [6, 6.07) is 12.1. The SMILES string of the molecule is CNC(=O)CN(c1ccc(Cl)cc1C(O)c1cccs1)S(=O)(=O)c1ccc(OC)c(OC)c1. The summed E-state index contributed by atoms with van der Waals surface area (Å²) in [6.07, 6.45) is -1.15. The Morgan fingerprint density at radius 1 is 1.15 bits per heavy atom. The number of thiophene rings is 1. The van der Waals surface area contributed by atoms with Gasteiger partial charge in [-0.05, 0) is 41.8 Å². The van der Waals surface area contributed by atoms with E-state index in [0.29, 0.717) is 15.6 Å². The Bertz CT molecular complexity index is 1230. The molecule has 0 radical (unpaired) electrons. The van der Waals surface area contributed by atoms with Crippen LogP contribution in [0.5, 0.6) is 11.5 Å². The highest BCUT2D eigenvalue weighted by Crippen LogP contribution is 2.38. The Kier molecular flexibility index (Phi) is 7.85. The van der Waals surface area contributed by atoms with Gasteiger partial charge in [0.15, 0.2) is 11.5 Å². The first-order valence-corrected chi connectivity index (χ1v) is 12.4. The van der Waals surface area contributed by atoms with Gasteiger partial charge in [0.05, 0.1) is 24.8 Å². The second-order valence-corrected chi connectivity index (χ2v) is 10.1. The van der Waals surface area contributed by atoms with E-state index in [-0.39, 0.29) is 21.9 Å². The average molecular weight is 511 g/mol.